The first kappa shape index (κ1) is 27.3. The highest BCUT2D eigenvalue weighted by molar-refractivity contribution is 5.91. The third-order valence-corrected chi connectivity index (χ3v) is 5.24. The summed E-state index contributed by atoms with van der Waals surface area (Å²) in [5.41, 5.74) is 6.34. The number of hydrogen-bond donors (Lipinski definition) is 1. The third-order valence-electron chi connectivity index (χ3n) is 5.24. The Morgan fingerprint density at radius 1 is 0.875 bits per heavy atom. The molecule has 0 fully saturated rings. The molecule has 0 aliphatic carbocycles. The summed E-state index contributed by atoms with van der Waals surface area (Å²) in [7, 11) is 1.36. The first-order valence-electron chi connectivity index (χ1n) is 11.4. The predicted octanol–water partition coefficient (Wildman–Crippen LogP) is 7.37. The van der Waals surface area contributed by atoms with Gasteiger partial charge in [-0.25, -0.2) is 4.79 Å². The number of phenolic OH excluding ortho intramolecular Hbond substituents is 1. The van der Waals surface area contributed by atoms with Crippen molar-refractivity contribution in [3.8, 4) is 5.75 Å². The monoisotopic (exact) mass is 439 g/mol. The molecule has 0 amide bonds. The van der Waals surface area contributed by atoms with E-state index in [1.807, 2.05) is 0 Å². The van der Waals surface area contributed by atoms with Crippen LogP contribution in [-0.4, -0.2) is 31.3 Å². The molecule has 4 nitrogen and oxygen atoms in total. The van der Waals surface area contributed by atoms with E-state index in [1.54, 1.807) is 18.2 Å². The van der Waals surface area contributed by atoms with Crippen LogP contribution in [0.2, 0.25) is 0 Å². The number of nitrogens with zero attached hydrogens (tertiary/aromatic N) is 1. The van der Waals surface area contributed by atoms with Crippen molar-refractivity contribution in [2.45, 2.75) is 67.2 Å². The van der Waals surface area contributed by atoms with Crippen molar-refractivity contribution in [3.63, 3.8) is 0 Å². The summed E-state index contributed by atoms with van der Waals surface area (Å²) in [6.45, 7) is 14.0. The molecule has 1 N–H and O–H groups in total. The average molecular weight is 440 g/mol. The van der Waals surface area contributed by atoms with Crippen LogP contribution in [0.1, 0.15) is 77.6 Å². The van der Waals surface area contributed by atoms with E-state index in [1.165, 1.54) is 29.4 Å². The second kappa shape index (κ2) is 14.3. The number of rotatable bonds is 12. The number of hydrogen-bond acceptors (Lipinski definition) is 4. The number of methoxy groups -OCH3 is 1. The number of carbonyl (C=O) groups excluding carboxylic acids is 1. The molecule has 4 heteroatoms. The van der Waals surface area contributed by atoms with Gasteiger partial charge in [0.05, 0.1) is 18.4 Å². The molecule has 0 aromatic heterocycles. The molecule has 0 aliphatic heterocycles. The van der Waals surface area contributed by atoms with Gasteiger partial charge in [-0.05, 0) is 85.4 Å². The SMILES string of the molecule is COC(=O)c1ccc(O)c(N(CC=C(C)CCC=C(C)C)CC=C(C)CCC=C(C)C)c1. The molecule has 0 radical (unpaired) electrons. The van der Waals surface area contributed by atoms with Gasteiger partial charge in [-0.2, -0.15) is 0 Å². The van der Waals surface area contributed by atoms with Crippen molar-refractivity contribution < 1.29 is 14.6 Å². The van der Waals surface area contributed by atoms with Gasteiger partial charge in [-0.1, -0.05) is 46.6 Å². The number of phenols is 1. The maximum Gasteiger partial charge on any atom is 0.337 e. The van der Waals surface area contributed by atoms with Crippen LogP contribution in [0.4, 0.5) is 5.69 Å². The second-order valence-electron chi connectivity index (χ2n) is 8.84. The molecule has 0 spiro atoms. The first-order valence-corrected chi connectivity index (χ1v) is 11.4. The van der Waals surface area contributed by atoms with Gasteiger partial charge in [0, 0.05) is 13.1 Å². The number of benzene rings is 1. The van der Waals surface area contributed by atoms with Crippen molar-refractivity contribution in [3.05, 3.63) is 70.4 Å². The Balaban J connectivity index is 3.09. The van der Waals surface area contributed by atoms with E-state index < -0.39 is 5.97 Å². The van der Waals surface area contributed by atoms with Crippen LogP contribution in [-0.2, 0) is 4.74 Å². The maximum atomic E-state index is 12.0. The molecule has 0 saturated heterocycles. The van der Waals surface area contributed by atoms with Gasteiger partial charge >= 0.3 is 5.97 Å². The van der Waals surface area contributed by atoms with Crippen molar-refractivity contribution in [1.82, 2.24) is 0 Å². The van der Waals surface area contributed by atoms with E-state index in [0.717, 1.165) is 25.7 Å². The summed E-state index contributed by atoms with van der Waals surface area (Å²) in [4.78, 5) is 14.1. The summed E-state index contributed by atoms with van der Waals surface area (Å²) in [6, 6.07) is 4.86. The largest absolute Gasteiger partial charge is 0.506 e. The predicted molar refractivity (Wildman–Crippen MR) is 137 cm³/mol. The molecule has 0 unspecified atom stereocenters. The number of carbonyl (C=O) groups is 1. The zero-order chi connectivity index (χ0) is 24.1. The Labute approximate surface area is 195 Å². The number of anilines is 1. The van der Waals surface area contributed by atoms with E-state index in [2.05, 4.69) is 70.7 Å². The maximum absolute atomic E-state index is 12.0. The smallest absolute Gasteiger partial charge is 0.337 e. The molecular formula is C28H41NO3. The van der Waals surface area contributed by atoms with Gasteiger partial charge in [0.2, 0.25) is 0 Å². The van der Waals surface area contributed by atoms with E-state index >= 15 is 0 Å². The number of allylic oxidation sites excluding steroid dienone is 6. The van der Waals surface area contributed by atoms with E-state index in [4.69, 9.17) is 4.74 Å². The molecule has 32 heavy (non-hydrogen) atoms. The minimum absolute atomic E-state index is 0.156. The van der Waals surface area contributed by atoms with Crippen molar-refractivity contribution in [1.29, 1.82) is 0 Å². The molecule has 0 aliphatic rings. The highest BCUT2D eigenvalue weighted by Gasteiger charge is 2.14. The zero-order valence-electron chi connectivity index (χ0n) is 21.0. The van der Waals surface area contributed by atoms with Gasteiger partial charge in [0.15, 0.2) is 0 Å². The highest BCUT2D eigenvalue weighted by atomic mass is 16.5. The lowest BCUT2D eigenvalue weighted by Gasteiger charge is -2.24. The molecule has 1 aromatic rings. The lowest BCUT2D eigenvalue weighted by atomic mass is 10.1. The number of esters is 1. The van der Waals surface area contributed by atoms with Crippen LogP contribution < -0.4 is 4.90 Å². The summed E-state index contributed by atoms with van der Waals surface area (Å²) >= 11 is 0. The molecule has 1 aromatic carbocycles. The molecule has 176 valence electrons. The van der Waals surface area contributed by atoms with Gasteiger partial charge in [-0.15, -0.1) is 0 Å². The third kappa shape index (κ3) is 10.5. The van der Waals surface area contributed by atoms with Crippen LogP contribution in [0.3, 0.4) is 0 Å². The summed E-state index contributed by atoms with van der Waals surface area (Å²) in [5, 5.41) is 10.5. The summed E-state index contributed by atoms with van der Waals surface area (Å²) in [5.74, 6) is -0.253. The van der Waals surface area contributed by atoms with Crippen LogP contribution >= 0.6 is 0 Å². The Hall–Kier alpha value is -2.75. The standard InChI is InChI=1S/C28H41NO3/c1-21(2)10-8-12-23(5)16-18-29(19-17-24(6)13-9-11-22(3)4)26-20-25(28(31)32-7)14-15-27(26)30/h10-11,14-17,20,30H,8-9,12-13,18-19H2,1-7H3. The molecule has 0 bridgehead atoms. The van der Waals surface area contributed by atoms with Gasteiger partial charge in [0.25, 0.3) is 0 Å². The Bertz CT molecular complexity index is 827. The van der Waals surface area contributed by atoms with Crippen LogP contribution in [0, 0.1) is 0 Å². The Morgan fingerprint density at radius 3 is 1.81 bits per heavy atom. The first-order chi connectivity index (χ1) is 15.1. The van der Waals surface area contributed by atoms with Crippen molar-refractivity contribution in [2.75, 3.05) is 25.1 Å². The number of aromatic hydroxyl groups is 1. The fraction of sp³-hybridized carbons (Fsp3) is 0.464. The topological polar surface area (TPSA) is 49.8 Å². The Morgan fingerprint density at radius 2 is 1.38 bits per heavy atom. The van der Waals surface area contributed by atoms with E-state index in [-0.39, 0.29) is 5.75 Å². The molecule has 0 heterocycles. The average Bonchev–Trinajstić information content (AvgIpc) is 2.73. The minimum atomic E-state index is -0.409. The fourth-order valence-corrected chi connectivity index (χ4v) is 3.21. The van der Waals surface area contributed by atoms with Gasteiger partial charge in [-0.3, -0.25) is 0 Å². The molecule has 0 atom stereocenters. The molecular weight excluding hydrogens is 398 g/mol. The van der Waals surface area contributed by atoms with Crippen molar-refractivity contribution in [2.24, 2.45) is 0 Å². The lowest BCUT2D eigenvalue weighted by molar-refractivity contribution is 0.0600. The summed E-state index contributed by atoms with van der Waals surface area (Å²) in [6.07, 6.45) is 13.0. The van der Waals surface area contributed by atoms with Crippen LogP contribution in [0.15, 0.2) is 64.8 Å². The lowest BCUT2D eigenvalue weighted by Crippen LogP contribution is -2.24. The normalized spacial score (nSPS) is 11.7. The molecule has 1 rings (SSSR count). The van der Waals surface area contributed by atoms with Crippen LogP contribution in [0.5, 0.6) is 5.75 Å². The Kier molecular flexibility index (Phi) is 12.2. The highest BCUT2D eigenvalue weighted by Crippen LogP contribution is 2.29. The van der Waals surface area contributed by atoms with Gasteiger partial charge < -0.3 is 14.7 Å². The zero-order valence-corrected chi connectivity index (χ0v) is 21.0. The van der Waals surface area contributed by atoms with Gasteiger partial charge in [0.1, 0.15) is 5.75 Å². The fourth-order valence-electron chi connectivity index (χ4n) is 3.21. The van der Waals surface area contributed by atoms with E-state index in [0.29, 0.717) is 24.3 Å². The van der Waals surface area contributed by atoms with Crippen LogP contribution in [0.25, 0.3) is 0 Å². The summed E-state index contributed by atoms with van der Waals surface area (Å²) < 4.78 is 4.86. The quantitative estimate of drug-likeness (QED) is 0.273. The molecule has 0 saturated carbocycles. The second-order valence-corrected chi connectivity index (χ2v) is 8.84. The minimum Gasteiger partial charge on any atom is -0.506 e. The number of ether oxygens (including phenoxy) is 1. The van der Waals surface area contributed by atoms with Crippen molar-refractivity contribution >= 4 is 11.7 Å². The van der Waals surface area contributed by atoms with E-state index in [9.17, 15) is 9.90 Å².